The number of aromatic nitrogens is 7. The second-order valence-electron chi connectivity index (χ2n) is 13.3. The SMILES string of the molecule is Cc1ccc(NC(=O)c2ccc(Cn3cc(Cn4c5c(c6ccccc6c4=O)C(=O)c4ccccc4-5)nn3)cc2)cc1Nc1nccc(-c2cccnc2)n1. The van der Waals surface area contributed by atoms with Crippen molar-refractivity contribution in [2.24, 2.45) is 0 Å². The van der Waals surface area contributed by atoms with Crippen molar-refractivity contribution in [2.45, 2.75) is 20.0 Å². The molecule has 0 spiro atoms. The van der Waals surface area contributed by atoms with Crippen LogP contribution in [0.2, 0.25) is 0 Å². The predicted octanol–water partition coefficient (Wildman–Crippen LogP) is 7.06. The van der Waals surface area contributed by atoms with Gasteiger partial charge in [-0.1, -0.05) is 65.9 Å². The predicted molar refractivity (Wildman–Crippen MR) is 209 cm³/mol. The number of ketones is 1. The maximum Gasteiger partial charge on any atom is 0.259 e. The molecule has 0 fully saturated rings. The van der Waals surface area contributed by atoms with Crippen molar-refractivity contribution in [3.05, 3.63) is 178 Å². The van der Waals surface area contributed by atoms with E-state index in [2.05, 4.69) is 35.9 Å². The molecule has 0 saturated heterocycles. The molecule has 8 aromatic rings. The maximum atomic E-state index is 13.8. The van der Waals surface area contributed by atoms with Crippen LogP contribution < -0.4 is 16.2 Å². The van der Waals surface area contributed by atoms with Gasteiger partial charge in [-0.2, -0.15) is 0 Å². The molecule has 4 aromatic carbocycles. The molecule has 55 heavy (non-hydrogen) atoms. The van der Waals surface area contributed by atoms with Crippen LogP contribution in [0, 0.1) is 6.92 Å². The van der Waals surface area contributed by atoms with Crippen molar-refractivity contribution < 1.29 is 9.59 Å². The summed E-state index contributed by atoms with van der Waals surface area (Å²) < 4.78 is 3.32. The Hall–Kier alpha value is -7.60. The monoisotopic (exact) mass is 721 g/mol. The summed E-state index contributed by atoms with van der Waals surface area (Å²) in [6.45, 7) is 2.51. The third kappa shape index (κ3) is 6.31. The van der Waals surface area contributed by atoms with E-state index < -0.39 is 0 Å². The first-order valence-corrected chi connectivity index (χ1v) is 17.6. The average molecular weight is 722 g/mol. The fourth-order valence-electron chi connectivity index (χ4n) is 6.93. The lowest BCUT2D eigenvalue weighted by Gasteiger charge is -2.14. The van der Waals surface area contributed by atoms with Crippen LogP contribution in [0.15, 0.2) is 139 Å². The van der Waals surface area contributed by atoms with E-state index in [1.165, 1.54) is 0 Å². The lowest BCUT2D eigenvalue weighted by Crippen LogP contribution is -2.24. The number of carbonyl (C=O) groups is 2. The smallest absolute Gasteiger partial charge is 0.259 e. The first kappa shape index (κ1) is 33.3. The van der Waals surface area contributed by atoms with Gasteiger partial charge in [0, 0.05) is 63.0 Å². The Morgan fingerprint density at radius 3 is 2.42 bits per heavy atom. The number of aryl methyl sites for hydroxylation is 1. The number of nitrogens with zero attached hydrogens (tertiary/aromatic N) is 7. The van der Waals surface area contributed by atoms with Gasteiger partial charge in [0.1, 0.15) is 5.69 Å². The minimum atomic E-state index is -0.257. The Bertz CT molecular complexity index is 2850. The number of rotatable bonds is 9. The van der Waals surface area contributed by atoms with Crippen LogP contribution in [0.5, 0.6) is 0 Å². The highest BCUT2D eigenvalue weighted by Gasteiger charge is 2.32. The standard InChI is InChI=1S/C43H31N9O3/c1-26-12-17-30(21-37(26)48-43-45-20-18-36(47-43)29-7-6-19-44-22-29)46-41(54)28-15-13-27(14-16-28)23-51-24-31(49-50-51)25-52-39-33-9-3-4-10-34(33)40(53)38(39)32-8-2-5-11-35(32)42(52)55/h2-22,24H,23,25H2,1H3,(H,46,54)(H,45,47,48). The molecule has 9 rings (SSSR count). The van der Waals surface area contributed by atoms with E-state index >= 15 is 0 Å². The minimum absolute atomic E-state index is 0.0915. The molecule has 0 aliphatic heterocycles. The van der Waals surface area contributed by atoms with Gasteiger partial charge in [-0.25, -0.2) is 14.6 Å². The number of hydrogen-bond acceptors (Lipinski definition) is 9. The first-order chi connectivity index (χ1) is 26.9. The van der Waals surface area contributed by atoms with Crippen LogP contribution in [0.4, 0.5) is 17.3 Å². The number of anilines is 3. The zero-order valence-corrected chi connectivity index (χ0v) is 29.5. The van der Waals surface area contributed by atoms with Crippen LogP contribution in [0.1, 0.15) is 43.1 Å². The molecular formula is C43H31N9O3. The third-order valence-electron chi connectivity index (χ3n) is 9.65. The summed E-state index contributed by atoms with van der Waals surface area (Å²) >= 11 is 0. The van der Waals surface area contributed by atoms with Crippen molar-refractivity contribution in [3.8, 4) is 22.5 Å². The van der Waals surface area contributed by atoms with Gasteiger partial charge in [0.15, 0.2) is 5.78 Å². The Labute approximate surface area is 314 Å². The van der Waals surface area contributed by atoms with E-state index in [1.807, 2.05) is 85.8 Å². The minimum Gasteiger partial charge on any atom is -0.324 e. The second-order valence-corrected chi connectivity index (χ2v) is 13.3. The number of amides is 1. The zero-order chi connectivity index (χ0) is 37.5. The Balaban J connectivity index is 0.887. The van der Waals surface area contributed by atoms with Gasteiger partial charge < -0.3 is 15.2 Å². The van der Waals surface area contributed by atoms with E-state index in [4.69, 9.17) is 0 Å². The molecule has 12 nitrogen and oxygen atoms in total. The number of carbonyl (C=O) groups excluding carboxylic acids is 2. The summed E-state index contributed by atoms with van der Waals surface area (Å²) in [7, 11) is 0. The third-order valence-corrected chi connectivity index (χ3v) is 9.65. The molecule has 266 valence electrons. The molecule has 2 N–H and O–H groups in total. The fourth-order valence-corrected chi connectivity index (χ4v) is 6.93. The number of fused-ring (bicyclic) bond motifs is 5. The van der Waals surface area contributed by atoms with Crippen LogP contribution in [0.25, 0.3) is 33.3 Å². The molecule has 0 radical (unpaired) electrons. The fraction of sp³-hybridized carbons (Fsp3) is 0.0698. The largest absolute Gasteiger partial charge is 0.324 e. The van der Waals surface area contributed by atoms with Gasteiger partial charge in [0.2, 0.25) is 5.95 Å². The van der Waals surface area contributed by atoms with Gasteiger partial charge in [0.25, 0.3) is 11.5 Å². The van der Waals surface area contributed by atoms with Gasteiger partial charge in [-0.3, -0.25) is 19.4 Å². The summed E-state index contributed by atoms with van der Waals surface area (Å²) in [5.74, 6) is 0.0789. The molecule has 0 unspecified atom stereocenters. The number of benzene rings is 4. The average Bonchev–Trinajstić information content (AvgIpc) is 3.79. The van der Waals surface area contributed by atoms with Crippen LogP contribution in [-0.2, 0) is 13.1 Å². The number of pyridine rings is 2. The molecule has 0 atom stereocenters. The topological polar surface area (TPSA) is 150 Å². The van der Waals surface area contributed by atoms with E-state index in [0.717, 1.165) is 33.6 Å². The molecular weight excluding hydrogens is 691 g/mol. The van der Waals surface area contributed by atoms with E-state index in [9.17, 15) is 14.4 Å². The lowest BCUT2D eigenvalue weighted by molar-refractivity contribution is 0.102. The summed E-state index contributed by atoms with van der Waals surface area (Å²) in [6.07, 6.45) is 6.94. The molecule has 4 aromatic heterocycles. The Morgan fingerprint density at radius 2 is 1.60 bits per heavy atom. The number of nitrogens with one attached hydrogen (secondary N) is 2. The van der Waals surface area contributed by atoms with Gasteiger partial charge in [-0.05, 0) is 66.6 Å². The van der Waals surface area contributed by atoms with Crippen molar-refractivity contribution in [2.75, 3.05) is 10.6 Å². The molecule has 1 amide bonds. The Kier molecular flexibility index (Phi) is 8.31. The van der Waals surface area contributed by atoms with E-state index in [1.54, 1.807) is 64.4 Å². The highest BCUT2D eigenvalue weighted by Crippen LogP contribution is 2.39. The van der Waals surface area contributed by atoms with Crippen LogP contribution in [0.3, 0.4) is 0 Å². The van der Waals surface area contributed by atoms with Crippen molar-refractivity contribution >= 4 is 39.8 Å². The van der Waals surface area contributed by atoms with Crippen LogP contribution >= 0.6 is 0 Å². The molecule has 12 heteroatoms. The summed E-state index contributed by atoms with van der Waals surface area (Å²) in [5, 5.41) is 16.1. The zero-order valence-electron chi connectivity index (χ0n) is 29.5. The quantitative estimate of drug-likeness (QED) is 0.160. The van der Waals surface area contributed by atoms with Crippen molar-refractivity contribution in [3.63, 3.8) is 0 Å². The summed E-state index contributed by atoms with van der Waals surface area (Å²) in [4.78, 5) is 53.8. The second kappa shape index (κ2) is 13.7. The normalized spacial score (nSPS) is 11.7. The van der Waals surface area contributed by atoms with Crippen molar-refractivity contribution in [1.29, 1.82) is 0 Å². The molecule has 4 heterocycles. The number of hydrogen-bond donors (Lipinski definition) is 2. The lowest BCUT2D eigenvalue weighted by atomic mass is 10.0. The maximum absolute atomic E-state index is 13.8. The van der Waals surface area contributed by atoms with E-state index in [-0.39, 0.29) is 23.8 Å². The highest BCUT2D eigenvalue weighted by molar-refractivity contribution is 6.26. The Morgan fingerprint density at radius 1 is 0.800 bits per heavy atom. The highest BCUT2D eigenvalue weighted by atomic mass is 16.2. The van der Waals surface area contributed by atoms with Gasteiger partial charge in [-0.15, -0.1) is 5.10 Å². The summed E-state index contributed by atoms with van der Waals surface area (Å²) in [6, 6.07) is 33.1. The molecule has 0 saturated carbocycles. The van der Waals surface area contributed by atoms with E-state index in [0.29, 0.717) is 57.0 Å². The molecule has 0 bridgehead atoms. The van der Waals surface area contributed by atoms with Gasteiger partial charge >= 0.3 is 0 Å². The molecule has 1 aliphatic carbocycles. The van der Waals surface area contributed by atoms with Crippen molar-refractivity contribution in [1.82, 2.24) is 34.5 Å². The van der Waals surface area contributed by atoms with Crippen LogP contribution in [-0.4, -0.2) is 46.2 Å². The van der Waals surface area contributed by atoms with Gasteiger partial charge in [0.05, 0.1) is 36.2 Å². The summed E-state index contributed by atoms with van der Waals surface area (Å²) in [5.41, 5.74) is 8.19. The molecule has 1 aliphatic rings. The first-order valence-electron chi connectivity index (χ1n) is 17.6.